The SMILES string of the molecule is CCC(C)(C)[C@H]1CC[C@@H](Oc2ccnc3ccccc23)CC1. The fourth-order valence-corrected chi connectivity index (χ4v) is 3.60. The summed E-state index contributed by atoms with van der Waals surface area (Å²) in [5, 5.41) is 1.13. The minimum atomic E-state index is 0.356. The van der Waals surface area contributed by atoms with Gasteiger partial charge in [-0.1, -0.05) is 39.3 Å². The van der Waals surface area contributed by atoms with Gasteiger partial charge in [0.2, 0.25) is 0 Å². The zero-order chi connectivity index (χ0) is 15.6. The summed E-state index contributed by atoms with van der Waals surface area (Å²) in [6, 6.07) is 10.2. The molecule has 0 unspecified atom stereocenters. The van der Waals surface area contributed by atoms with Gasteiger partial charge in [-0.25, -0.2) is 0 Å². The lowest BCUT2D eigenvalue weighted by Gasteiger charge is -2.38. The number of fused-ring (bicyclic) bond motifs is 1. The Hall–Kier alpha value is -1.57. The van der Waals surface area contributed by atoms with Gasteiger partial charge in [-0.2, -0.15) is 0 Å². The Balaban J connectivity index is 1.68. The number of rotatable bonds is 4. The van der Waals surface area contributed by atoms with Crippen LogP contribution < -0.4 is 4.74 Å². The Morgan fingerprint density at radius 3 is 2.55 bits per heavy atom. The second-order valence-corrected chi connectivity index (χ2v) is 7.26. The number of para-hydroxylation sites is 1. The number of pyridine rings is 1. The van der Waals surface area contributed by atoms with Gasteiger partial charge in [0.05, 0.1) is 11.6 Å². The van der Waals surface area contributed by atoms with Crippen molar-refractivity contribution < 1.29 is 4.74 Å². The van der Waals surface area contributed by atoms with E-state index in [-0.39, 0.29) is 0 Å². The van der Waals surface area contributed by atoms with Crippen molar-refractivity contribution in [2.75, 3.05) is 0 Å². The summed E-state index contributed by atoms with van der Waals surface area (Å²) in [5.74, 6) is 1.83. The van der Waals surface area contributed by atoms with Gasteiger partial charge in [-0.3, -0.25) is 4.98 Å². The van der Waals surface area contributed by atoms with Crippen LogP contribution in [0.5, 0.6) is 5.75 Å². The normalized spacial score (nSPS) is 22.7. The average Bonchev–Trinajstić information content (AvgIpc) is 2.56. The summed E-state index contributed by atoms with van der Waals surface area (Å²) in [5.41, 5.74) is 1.48. The van der Waals surface area contributed by atoms with E-state index >= 15 is 0 Å². The number of ether oxygens (including phenoxy) is 1. The van der Waals surface area contributed by atoms with Crippen LogP contribution in [0.15, 0.2) is 36.5 Å². The van der Waals surface area contributed by atoms with Crippen LogP contribution in [0.25, 0.3) is 10.9 Å². The molecule has 0 bridgehead atoms. The summed E-state index contributed by atoms with van der Waals surface area (Å²) in [6.07, 6.45) is 8.38. The van der Waals surface area contributed by atoms with E-state index in [2.05, 4.69) is 37.9 Å². The zero-order valence-corrected chi connectivity index (χ0v) is 14.0. The molecule has 1 aromatic heterocycles. The molecule has 2 nitrogen and oxygen atoms in total. The molecule has 1 saturated carbocycles. The molecule has 0 amide bonds. The van der Waals surface area contributed by atoms with E-state index in [1.165, 1.54) is 32.1 Å². The van der Waals surface area contributed by atoms with Gasteiger partial charge in [0, 0.05) is 11.6 Å². The topological polar surface area (TPSA) is 22.1 Å². The molecule has 0 atom stereocenters. The van der Waals surface area contributed by atoms with Crippen molar-refractivity contribution in [3.05, 3.63) is 36.5 Å². The lowest BCUT2D eigenvalue weighted by atomic mass is 9.69. The Morgan fingerprint density at radius 1 is 1.09 bits per heavy atom. The van der Waals surface area contributed by atoms with Crippen molar-refractivity contribution in [3.8, 4) is 5.75 Å². The third-order valence-electron chi connectivity index (χ3n) is 5.59. The summed E-state index contributed by atoms with van der Waals surface area (Å²) in [7, 11) is 0. The monoisotopic (exact) mass is 297 g/mol. The Labute approximate surface area is 133 Å². The Kier molecular flexibility index (Phi) is 4.37. The van der Waals surface area contributed by atoms with Crippen LogP contribution in [0.2, 0.25) is 0 Å². The van der Waals surface area contributed by atoms with Crippen LogP contribution in [-0.4, -0.2) is 11.1 Å². The lowest BCUT2D eigenvalue weighted by molar-refractivity contribution is 0.0788. The van der Waals surface area contributed by atoms with Gasteiger partial charge in [0.25, 0.3) is 0 Å². The zero-order valence-electron chi connectivity index (χ0n) is 14.0. The van der Waals surface area contributed by atoms with Gasteiger partial charge in [-0.15, -0.1) is 0 Å². The van der Waals surface area contributed by atoms with Gasteiger partial charge in [0.1, 0.15) is 5.75 Å². The number of aromatic nitrogens is 1. The second kappa shape index (κ2) is 6.28. The first-order valence-electron chi connectivity index (χ1n) is 8.60. The van der Waals surface area contributed by atoms with Crippen LogP contribution in [0.3, 0.4) is 0 Å². The molecule has 1 aliphatic carbocycles. The van der Waals surface area contributed by atoms with E-state index in [0.29, 0.717) is 11.5 Å². The fraction of sp³-hybridized carbons (Fsp3) is 0.550. The van der Waals surface area contributed by atoms with E-state index in [1.54, 1.807) is 0 Å². The first-order valence-corrected chi connectivity index (χ1v) is 8.60. The van der Waals surface area contributed by atoms with Gasteiger partial charge in [0.15, 0.2) is 0 Å². The average molecular weight is 297 g/mol. The first-order chi connectivity index (χ1) is 10.6. The van der Waals surface area contributed by atoms with Crippen LogP contribution in [0.4, 0.5) is 0 Å². The minimum absolute atomic E-state index is 0.356. The smallest absolute Gasteiger partial charge is 0.130 e. The lowest BCUT2D eigenvalue weighted by Crippen LogP contribution is -2.31. The molecule has 0 saturated heterocycles. The van der Waals surface area contributed by atoms with Crippen molar-refractivity contribution in [2.45, 2.75) is 59.0 Å². The summed E-state index contributed by atoms with van der Waals surface area (Å²) >= 11 is 0. The molecule has 2 aromatic rings. The largest absolute Gasteiger partial charge is 0.490 e. The van der Waals surface area contributed by atoms with Crippen molar-refractivity contribution >= 4 is 10.9 Å². The van der Waals surface area contributed by atoms with Crippen LogP contribution in [0, 0.1) is 11.3 Å². The molecular formula is C20H27NO. The van der Waals surface area contributed by atoms with Crippen LogP contribution in [-0.2, 0) is 0 Å². The molecule has 0 spiro atoms. The third-order valence-corrected chi connectivity index (χ3v) is 5.59. The van der Waals surface area contributed by atoms with Crippen molar-refractivity contribution in [3.63, 3.8) is 0 Å². The highest BCUT2D eigenvalue weighted by molar-refractivity contribution is 5.84. The van der Waals surface area contributed by atoms with E-state index in [1.807, 2.05) is 24.4 Å². The van der Waals surface area contributed by atoms with Gasteiger partial charge < -0.3 is 4.74 Å². The highest BCUT2D eigenvalue weighted by atomic mass is 16.5. The number of hydrogen-bond donors (Lipinski definition) is 0. The number of benzene rings is 1. The van der Waals surface area contributed by atoms with Crippen molar-refractivity contribution in [2.24, 2.45) is 11.3 Å². The number of nitrogens with zero attached hydrogens (tertiary/aromatic N) is 1. The molecule has 0 radical (unpaired) electrons. The Bertz CT molecular complexity index is 621. The first kappa shape index (κ1) is 15.3. The van der Waals surface area contributed by atoms with E-state index in [4.69, 9.17) is 4.74 Å². The highest BCUT2D eigenvalue weighted by Gasteiger charge is 2.32. The molecule has 22 heavy (non-hydrogen) atoms. The fourth-order valence-electron chi connectivity index (χ4n) is 3.60. The predicted octanol–water partition coefficient (Wildman–Crippen LogP) is 5.61. The second-order valence-electron chi connectivity index (χ2n) is 7.26. The van der Waals surface area contributed by atoms with Crippen LogP contribution >= 0.6 is 0 Å². The van der Waals surface area contributed by atoms with Crippen LogP contribution in [0.1, 0.15) is 52.9 Å². The third kappa shape index (κ3) is 3.11. The molecule has 0 aliphatic heterocycles. The molecule has 1 aromatic carbocycles. The standard InChI is InChI=1S/C20H27NO/c1-4-20(2,3)15-9-11-16(12-10-15)22-19-13-14-21-18-8-6-5-7-17(18)19/h5-8,13-16H,4,9-12H2,1-3H3/t15-,16+. The maximum atomic E-state index is 6.32. The van der Waals surface area contributed by atoms with E-state index in [0.717, 1.165) is 22.6 Å². The molecule has 2 heteroatoms. The molecule has 0 N–H and O–H groups in total. The van der Waals surface area contributed by atoms with Gasteiger partial charge in [-0.05, 0) is 55.2 Å². The summed E-state index contributed by atoms with van der Waals surface area (Å²) in [4.78, 5) is 4.41. The van der Waals surface area contributed by atoms with Crippen molar-refractivity contribution in [1.29, 1.82) is 0 Å². The molecule has 118 valence electrons. The van der Waals surface area contributed by atoms with E-state index < -0.39 is 0 Å². The molecule has 3 rings (SSSR count). The Morgan fingerprint density at radius 2 is 1.82 bits per heavy atom. The van der Waals surface area contributed by atoms with Gasteiger partial charge >= 0.3 is 0 Å². The maximum absolute atomic E-state index is 6.32. The molecular weight excluding hydrogens is 270 g/mol. The molecule has 1 fully saturated rings. The van der Waals surface area contributed by atoms with E-state index in [9.17, 15) is 0 Å². The summed E-state index contributed by atoms with van der Waals surface area (Å²) in [6.45, 7) is 7.14. The maximum Gasteiger partial charge on any atom is 0.130 e. The molecule has 1 heterocycles. The predicted molar refractivity (Wildman–Crippen MR) is 92.2 cm³/mol. The number of hydrogen-bond acceptors (Lipinski definition) is 2. The summed E-state index contributed by atoms with van der Waals surface area (Å²) < 4.78 is 6.32. The molecule has 1 aliphatic rings. The highest BCUT2D eigenvalue weighted by Crippen LogP contribution is 2.41. The quantitative estimate of drug-likeness (QED) is 0.732. The van der Waals surface area contributed by atoms with Crippen molar-refractivity contribution in [1.82, 2.24) is 4.98 Å². The minimum Gasteiger partial charge on any atom is -0.490 e.